The predicted octanol–water partition coefficient (Wildman–Crippen LogP) is 10.8. The van der Waals surface area contributed by atoms with Crippen molar-refractivity contribution in [2.24, 2.45) is 0 Å². The van der Waals surface area contributed by atoms with Gasteiger partial charge in [0.2, 0.25) is 0 Å². The van der Waals surface area contributed by atoms with E-state index in [9.17, 15) is 31.1 Å². The van der Waals surface area contributed by atoms with Crippen LogP contribution in [0.4, 0.5) is 71.8 Å². The average Bonchev–Trinajstić information content (AvgIpc) is 3.03. The van der Waals surface area contributed by atoms with Gasteiger partial charge in [-0.25, -0.2) is 0 Å². The molecule has 0 spiro atoms. The van der Waals surface area contributed by atoms with Gasteiger partial charge in [-0.3, -0.25) is 9.69 Å². The number of anilines is 8. The summed E-state index contributed by atoms with van der Waals surface area (Å²) in [6.07, 6.45) is -8.93. The Hall–Kier alpha value is -5.45. The molecule has 240 valence electrons. The number of aryl methyl sites for hydroxylation is 2. The van der Waals surface area contributed by atoms with Gasteiger partial charge in [0.15, 0.2) is 0 Å². The van der Waals surface area contributed by atoms with Crippen molar-refractivity contribution in [2.45, 2.75) is 26.2 Å². The zero-order valence-electron chi connectivity index (χ0n) is 25.2. The first-order chi connectivity index (χ1) is 22.3. The van der Waals surface area contributed by atoms with Gasteiger partial charge in [0.05, 0.1) is 28.3 Å². The van der Waals surface area contributed by atoms with Gasteiger partial charge in [0.25, 0.3) is 5.91 Å². The molecule has 1 aliphatic rings. The van der Waals surface area contributed by atoms with Crippen LogP contribution in [0.5, 0.6) is 0 Å². The van der Waals surface area contributed by atoms with Gasteiger partial charge in [-0.05, 0) is 98.3 Å². The molecule has 0 aliphatic carbocycles. The lowest BCUT2D eigenvalue weighted by molar-refractivity contribution is -0.137. The Kier molecular flexibility index (Phi) is 8.08. The van der Waals surface area contributed by atoms with Gasteiger partial charge in [0, 0.05) is 28.3 Å². The molecule has 0 saturated heterocycles. The molecule has 0 unspecified atom stereocenters. The first-order valence-electron chi connectivity index (χ1n) is 14.6. The molecular formula is C36H28F6N4O. The highest BCUT2D eigenvalue weighted by Crippen LogP contribution is 2.54. The molecule has 5 nitrogen and oxygen atoms in total. The predicted molar refractivity (Wildman–Crippen MR) is 173 cm³/mol. The summed E-state index contributed by atoms with van der Waals surface area (Å²) < 4.78 is 79.1. The number of nitrogens with zero attached hydrogens (tertiary/aromatic N) is 2. The number of hydrogen-bond donors (Lipinski definition) is 2. The van der Waals surface area contributed by atoms with E-state index < -0.39 is 24.5 Å². The summed E-state index contributed by atoms with van der Waals surface area (Å²) in [6.45, 7) is 2.49. The van der Waals surface area contributed by atoms with Gasteiger partial charge in [-0.15, -0.1) is 0 Å². The number of alkyl halides is 6. The lowest BCUT2D eigenvalue weighted by atomic mass is 10.0. The van der Waals surface area contributed by atoms with Crippen molar-refractivity contribution < 1.29 is 31.1 Å². The summed E-state index contributed by atoms with van der Waals surface area (Å²) in [5.74, 6) is -0.351. The molecule has 0 aromatic heterocycles. The van der Waals surface area contributed by atoms with E-state index in [1.807, 2.05) is 49.1 Å². The van der Waals surface area contributed by atoms with Crippen LogP contribution >= 0.6 is 0 Å². The number of nitrogens with one attached hydrogen (secondary N) is 2. The number of rotatable bonds is 6. The third-order valence-electron chi connectivity index (χ3n) is 7.76. The van der Waals surface area contributed by atoms with E-state index in [1.165, 1.54) is 23.1 Å². The van der Waals surface area contributed by atoms with Crippen LogP contribution in [0.1, 0.15) is 27.0 Å². The highest BCUT2D eigenvalue weighted by Gasteiger charge is 2.35. The molecule has 5 aromatic rings. The monoisotopic (exact) mass is 646 g/mol. The molecule has 2 N–H and O–H groups in total. The van der Waals surface area contributed by atoms with Gasteiger partial charge in [-0.2, -0.15) is 26.3 Å². The van der Waals surface area contributed by atoms with Crippen LogP contribution in [0.25, 0.3) is 0 Å². The van der Waals surface area contributed by atoms with Gasteiger partial charge < -0.3 is 15.5 Å². The molecule has 0 fully saturated rings. The molecule has 6 rings (SSSR count). The van der Waals surface area contributed by atoms with Crippen LogP contribution in [0.3, 0.4) is 0 Å². The molecule has 11 heteroatoms. The molecule has 1 amide bonds. The quantitative estimate of drug-likeness (QED) is 0.180. The molecule has 0 atom stereocenters. The highest BCUT2D eigenvalue weighted by molar-refractivity contribution is 6.18. The van der Waals surface area contributed by atoms with Crippen molar-refractivity contribution in [2.75, 3.05) is 27.0 Å². The van der Waals surface area contributed by atoms with Crippen molar-refractivity contribution in [3.63, 3.8) is 0 Å². The molecular weight excluding hydrogens is 618 g/mol. The molecule has 1 aliphatic heterocycles. The first kappa shape index (κ1) is 31.5. The molecule has 1 heterocycles. The summed E-state index contributed by atoms with van der Waals surface area (Å²) in [5, 5.41) is 5.63. The molecule has 0 bridgehead atoms. The van der Waals surface area contributed by atoms with E-state index in [0.29, 0.717) is 50.9 Å². The SMILES string of the molecule is Cc1ccc(N2c3cc(NCC(F)(F)F)ccc3N(C(=O)c3ccccc3)c3cc(C)c(Nc4ccc(C(F)(F)F)cc4)cc32)cc1. The third kappa shape index (κ3) is 6.60. The molecule has 0 radical (unpaired) electrons. The number of carbonyl (C=O) groups is 1. The first-order valence-corrected chi connectivity index (χ1v) is 14.6. The number of carbonyl (C=O) groups excluding carboxylic acids is 1. The summed E-state index contributed by atoms with van der Waals surface area (Å²) >= 11 is 0. The van der Waals surface area contributed by atoms with E-state index in [1.54, 1.807) is 48.5 Å². The zero-order valence-corrected chi connectivity index (χ0v) is 25.2. The Balaban J connectivity index is 1.54. The normalized spacial score (nSPS) is 12.8. The minimum Gasteiger partial charge on any atom is -0.376 e. The summed E-state index contributed by atoms with van der Waals surface area (Å²) in [4.78, 5) is 17.6. The van der Waals surface area contributed by atoms with E-state index in [0.717, 1.165) is 17.7 Å². The van der Waals surface area contributed by atoms with Crippen LogP contribution in [-0.2, 0) is 6.18 Å². The number of fused-ring (bicyclic) bond motifs is 2. The van der Waals surface area contributed by atoms with Gasteiger partial charge in [0.1, 0.15) is 6.54 Å². The summed E-state index contributed by atoms with van der Waals surface area (Å²) in [6, 6.07) is 29.1. The van der Waals surface area contributed by atoms with Crippen molar-refractivity contribution in [1.29, 1.82) is 0 Å². The van der Waals surface area contributed by atoms with Crippen molar-refractivity contribution >= 4 is 51.4 Å². The highest BCUT2D eigenvalue weighted by atomic mass is 19.4. The standard InChI is InChI=1S/C36H28F6N4O/c1-22-8-15-28(16-9-22)45-32-19-27(43-21-35(37,38)39)14-17-30(32)46(34(47)24-6-4-3-5-7-24)31-18-23(2)29(20-33(31)45)44-26-12-10-25(11-13-26)36(40,41)42/h3-20,43-44H,21H2,1-2H3. The Morgan fingerprint density at radius 1 is 0.681 bits per heavy atom. The van der Waals surface area contributed by atoms with Crippen molar-refractivity contribution in [3.05, 3.63) is 131 Å². The Labute approximate surface area is 267 Å². The maximum absolute atomic E-state index is 14.2. The minimum absolute atomic E-state index is 0.198. The summed E-state index contributed by atoms with van der Waals surface area (Å²) in [5.41, 5.74) is 5.09. The van der Waals surface area contributed by atoms with E-state index >= 15 is 0 Å². The smallest absolute Gasteiger partial charge is 0.376 e. The van der Waals surface area contributed by atoms with Gasteiger partial charge >= 0.3 is 12.4 Å². The lowest BCUT2D eigenvalue weighted by Crippen LogP contribution is -2.32. The maximum atomic E-state index is 14.2. The van der Waals surface area contributed by atoms with Gasteiger partial charge in [-0.1, -0.05) is 35.9 Å². The molecule has 0 saturated carbocycles. The van der Waals surface area contributed by atoms with E-state index in [-0.39, 0.29) is 11.6 Å². The Bertz CT molecular complexity index is 1920. The number of benzene rings is 5. The third-order valence-corrected chi connectivity index (χ3v) is 7.76. The van der Waals surface area contributed by atoms with E-state index in [2.05, 4.69) is 10.6 Å². The Morgan fingerprint density at radius 2 is 1.32 bits per heavy atom. The topological polar surface area (TPSA) is 47.6 Å². The van der Waals surface area contributed by atoms with Crippen molar-refractivity contribution in [3.8, 4) is 0 Å². The van der Waals surface area contributed by atoms with Crippen LogP contribution < -0.4 is 20.4 Å². The summed E-state index contributed by atoms with van der Waals surface area (Å²) in [7, 11) is 0. The zero-order chi connectivity index (χ0) is 33.5. The maximum Gasteiger partial charge on any atom is 0.416 e. The number of halogens is 6. The molecule has 47 heavy (non-hydrogen) atoms. The fraction of sp³-hybridized carbons (Fsp3) is 0.139. The average molecular weight is 647 g/mol. The minimum atomic E-state index is -4.48. The lowest BCUT2D eigenvalue weighted by Gasteiger charge is -2.40. The fourth-order valence-electron chi connectivity index (χ4n) is 5.44. The second-order valence-electron chi connectivity index (χ2n) is 11.2. The largest absolute Gasteiger partial charge is 0.416 e. The second-order valence-corrected chi connectivity index (χ2v) is 11.2. The molecule has 5 aromatic carbocycles. The van der Waals surface area contributed by atoms with E-state index in [4.69, 9.17) is 0 Å². The second kappa shape index (κ2) is 12.1. The van der Waals surface area contributed by atoms with Crippen molar-refractivity contribution in [1.82, 2.24) is 0 Å². The Morgan fingerprint density at radius 3 is 1.96 bits per heavy atom. The van der Waals surface area contributed by atoms with Crippen LogP contribution in [0.2, 0.25) is 0 Å². The number of amides is 1. The van der Waals surface area contributed by atoms with Crippen LogP contribution in [0, 0.1) is 13.8 Å². The van der Waals surface area contributed by atoms with Crippen LogP contribution in [-0.4, -0.2) is 18.6 Å². The number of hydrogen-bond acceptors (Lipinski definition) is 4. The fourth-order valence-corrected chi connectivity index (χ4v) is 5.44. The van der Waals surface area contributed by atoms with Crippen LogP contribution in [0.15, 0.2) is 109 Å².